The SMILES string of the molecule is COc1ccc(Cl)cc1NC(=O)[C@H](C)Sc1nnc(C(C)(C)C)n1N. The number of benzene rings is 1. The maximum absolute atomic E-state index is 12.5. The number of nitrogens with zero attached hydrogens (tertiary/aromatic N) is 3. The lowest BCUT2D eigenvalue weighted by atomic mass is 9.96. The predicted molar refractivity (Wildman–Crippen MR) is 101 cm³/mol. The fraction of sp³-hybridized carbons (Fsp3) is 0.438. The maximum atomic E-state index is 12.5. The molecule has 1 amide bonds. The number of rotatable bonds is 5. The molecule has 0 aliphatic rings. The van der Waals surface area contributed by atoms with Crippen molar-refractivity contribution in [3.8, 4) is 5.75 Å². The topological polar surface area (TPSA) is 95.1 Å². The zero-order valence-corrected chi connectivity index (χ0v) is 16.4. The Morgan fingerprint density at radius 2 is 2.08 bits per heavy atom. The number of aromatic nitrogens is 3. The fourth-order valence-electron chi connectivity index (χ4n) is 2.09. The second-order valence-corrected chi connectivity index (χ2v) is 8.26. The van der Waals surface area contributed by atoms with E-state index in [1.54, 1.807) is 25.1 Å². The molecule has 2 rings (SSSR count). The molecule has 0 fully saturated rings. The molecule has 1 aromatic carbocycles. The summed E-state index contributed by atoms with van der Waals surface area (Å²) in [6, 6.07) is 5.03. The van der Waals surface area contributed by atoms with Crippen LogP contribution in [-0.2, 0) is 10.2 Å². The van der Waals surface area contributed by atoms with E-state index in [1.807, 2.05) is 20.8 Å². The molecule has 9 heteroatoms. The van der Waals surface area contributed by atoms with E-state index in [0.29, 0.717) is 27.4 Å². The minimum absolute atomic E-state index is 0.217. The van der Waals surface area contributed by atoms with Crippen molar-refractivity contribution in [1.82, 2.24) is 14.9 Å². The molecule has 0 spiro atoms. The van der Waals surface area contributed by atoms with Crippen LogP contribution in [0.25, 0.3) is 0 Å². The number of halogens is 1. The van der Waals surface area contributed by atoms with E-state index in [0.717, 1.165) is 0 Å². The second kappa shape index (κ2) is 7.53. The second-order valence-electron chi connectivity index (χ2n) is 6.52. The number of hydrogen-bond donors (Lipinski definition) is 2. The molecular formula is C16H22ClN5O2S. The summed E-state index contributed by atoms with van der Waals surface area (Å²) in [7, 11) is 1.53. The molecule has 2 aromatic rings. The number of amides is 1. The van der Waals surface area contributed by atoms with Crippen LogP contribution in [0, 0.1) is 0 Å². The Hall–Kier alpha value is -1.93. The Bertz CT molecular complexity index is 772. The Kier molecular flexibility index (Phi) is 5.84. The smallest absolute Gasteiger partial charge is 0.237 e. The third kappa shape index (κ3) is 4.58. The molecule has 0 saturated heterocycles. The van der Waals surface area contributed by atoms with Gasteiger partial charge in [-0.15, -0.1) is 10.2 Å². The van der Waals surface area contributed by atoms with Crippen LogP contribution in [0.15, 0.2) is 23.4 Å². The summed E-state index contributed by atoms with van der Waals surface area (Å²) in [5.41, 5.74) is 0.275. The van der Waals surface area contributed by atoms with Crippen LogP contribution < -0.4 is 15.9 Å². The molecule has 0 saturated carbocycles. The Balaban J connectivity index is 2.12. The lowest BCUT2D eigenvalue weighted by molar-refractivity contribution is -0.115. The third-order valence-electron chi connectivity index (χ3n) is 3.41. The monoisotopic (exact) mass is 383 g/mol. The summed E-state index contributed by atoms with van der Waals surface area (Å²) in [5.74, 6) is 7.03. The summed E-state index contributed by atoms with van der Waals surface area (Å²) >= 11 is 7.21. The number of hydrogen-bond acceptors (Lipinski definition) is 6. The van der Waals surface area contributed by atoms with Crippen LogP contribution in [-0.4, -0.2) is 33.1 Å². The van der Waals surface area contributed by atoms with Crippen LogP contribution in [0.3, 0.4) is 0 Å². The van der Waals surface area contributed by atoms with E-state index in [2.05, 4.69) is 15.5 Å². The first-order valence-electron chi connectivity index (χ1n) is 7.65. The number of carbonyl (C=O) groups excluding carboxylic acids is 1. The maximum Gasteiger partial charge on any atom is 0.237 e. The van der Waals surface area contributed by atoms with Gasteiger partial charge in [0.25, 0.3) is 0 Å². The van der Waals surface area contributed by atoms with Crippen molar-refractivity contribution < 1.29 is 9.53 Å². The lowest BCUT2D eigenvalue weighted by Crippen LogP contribution is -2.26. The van der Waals surface area contributed by atoms with Gasteiger partial charge >= 0.3 is 0 Å². The highest BCUT2D eigenvalue weighted by molar-refractivity contribution is 8.00. The number of carbonyl (C=O) groups is 1. The molecule has 1 aromatic heterocycles. The fourth-order valence-corrected chi connectivity index (χ4v) is 3.03. The van der Waals surface area contributed by atoms with E-state index in [1.165, 1.54) is 23.5 Å². The van der Waals surface area contributed by atoms with Gasteiger partial charge in [0.2, 0.25) is 11.1 Å². The average molecular weight is 384 g/mol. The summed E-state index contributed by atoms with van der Waals surface area (Å²) in [4.78, 5) is 12.5. The predicted octanol–water partition coefficient (Wildman–Crippen LogP) is 3.07. The molecule has 25 heavy (non-hydrogen) atoms. The average Bonchev–Trinajstić information content (AvgIpc) is 2.88. The van der Waals surface area contributed by atoms with Gasteiger partial charge in [0.05, 0.1) is 18.0 Å². The lowest BCUT2D eigenvalue weighted by Gasteiger charge is -2.17. The van der Waals surface area contributed by atoms with Crippen molar-refractivity contribution in [1.29, 1.82) is 0 Å². The molecule has 1 atom stereocenters. The minimum Gasteiger partial charge on any atom is -0.495 e. The van der Waals surface area contributed by atoms with Crippen molar-refractivity contribution in [3.05, 3.63) is 29.0 Å². The van der Waals surface area contributed by atoms with Gasteiger partial charge < -0.3 is 15.9 Å². The van der Waals surface area contributed by atoms with Gasteiger partial charge in [-0.3, -0.25) is 4.79 Å². The normalized spacial score (nSPS) is 12.7. The minimum atomic E-state index is -0.442. The Labute approximate surface area is 156 Å². The number of thioether (sulfide) groups is 1. The van der Waals surface area contributed by atoms with Gasteiger partial charge in [-0.2, -0.15) is 0 Å². The highest BCUT2D eigenvalue weighted by atomic mass is 35.5. The van der Waals surface area contributed by atoms with Crippen molar-refractivity contribution in [2.24, 2.45) is 0 Å². The zero-order chi connectivity index (χ0) is 18.8. The first kappa shape index (κ1) is 19.4. The molecule has 7 nitrogen and oxygen atoms in total. The summed E-state index contributed by atoms with van der Waals surface area (Å²) in [5, 5.41) is 11.6. The number of methoxy groups -OCH3 is 1. The van der Waals surface area contributed by atoms with Gasteiger partial charge in [-0.05, 0) is 25.1 Å². The van der Waals surface area contributed by atoms with E-state index in [9.17, 15) is 4.79 Å². The molecule has 0 unspecified atom stereocenters. The molecule has 0 aliphatic heterocycles. The molecular weight excluding hydrogens is 362 g/mol. The van der Waals surface area contributed by atoms with E-state index >= 15 is 0 Å². The van der Waals surface area contributed by atoms with Crippen molar-refractivity contribution in [3.63, 3.8) is 0 Å². The molecule has 0 bridgehead atoms. The number of nitrogen functional groups attached to an aromatic ring is 1. The summed E-state index contributed by atoms with van der Waals surface area (Å²) in [6.45, 7) is 7.76. The van der Waals surface area contributed by atoms with Crippen molar-refractivity contribution >= 4 is 35.0 Å². The van der Waals surface area contributed by atoms with Gasteiger partial charge in [0.1, 0.15) is 5.75 Å². The van der Waals surface area contributed by atoms with Crippen LogP contribution >= 0.6 is 23.4 Å². The summed E-state index contributed by atoms with van der Waals surface area (Å²) in [6.07, 6.45) is 0. The van der Waals surface area contributed by atoms with Crippen molar-refractivity contribution in [2.75, 3.05) is 18.3 Å². The van der Waals surface area contributed by atoms with Gasteiger partial charge in [0.15, 0.2) is 5.82 Å². The molecule has 0 aliphatic carbocycles. The van der Waals surface area contributed by atoms with E-state index in [-0.39, 0.29) is 11.3 Å². The van der Waals surface area contributed by atoms with Crippen molar-refractivity contribution in [2.45, 2.75) is 43.5 Å². The molecule has 0 radical (unpaired) electrons. The highest BCUT2D eigenvalue weighted by Gasteiger charge is 2.25. The van der Waals surface area contributed by atoms with Crippen LogP contribution in [0.2, 0.25) is 5.02 Å². The van der Waals surface area contributed by atoms with Gasteiger partial charge in [-0.25, -0.2) is 4.68 Å². The Morgan fingerprint density at radius 1 is 1.40 bits per heavy atom. The Morgan fingerprint density at radius 3 is 2.64 bits per heavy atom. The standard InChI is InChI=1S/C16H22ClN5O2S/c1-9(25-15-21-20-14(22(15)18)16(2,3)4)13(23)19-11-8-10(17)6-7-12(11)24-5/h6-9H,18H2,1-5H3,(H,19,23)/t9-/m0/s1. The van der Waals surface area contributed by atoms with Gasteiger partial charge in [-0.1, -0.05) is 44.1 Å². The number of nitrogens with two attached hydrogens (primary N) is 1. The van der Waals surface area contributed by atoms with E-state index < -0.39 is 5.25 Å². The number of anilines is 1. The highest BCUT2D eigenvalue weighted by Crippen LogP contribution is 2.30. The first-order chi connectivity index (χ1) is 11.6. The zero-order valence-electron chi connectivity index (χ0n) is 14.8. The number of ether oxygens (including phenoxy) is 1. The molecule has 3 N–H and O–H groups in total. The third-order valence-corrected chi connectivity index (χ3v) is 4.70. The number of nitrogens with one attached hydrogen (secondary N) is 1. The molecule has 136 valence electrons. The van der Waals surface area contributed by atoms with Gasteiger partial charge in [0, 0.05) is 10.4 Å². The largest absolute Gasteiger partial charge is 0.495 e. The quantitative estimate of drug-likeness (QED) is 0.608. The summed E-state index contributed by atoms with van der Waals surface area (Å²) < 4.78 is 6.66. The van der Waals surface area contributed by atoms with Crippen LogP contribution in [0.1, 0.15) is 33.5 Å². The molecule has 1 heterocycles. The van der Waals surface area contributed by atoms with Crippen LogP contribution in [0.4, 0.5) is 5.69 Å². The van der Waals surface area contributed by atoms with Crippen LogP contribution in [0.5, 0.6) is 5.75 Å². The van der Waals surface area contributed by atoms with E-state index in [4.69, 9.17) is 22.2 Å². The first-order valence-corrected chi connectivity index (χ1v) is 8.91.